The van der Waals surface area contributed by atoms with Crippen molar-refractivity contribution in [3.8, 4) is 0 Å². The topological polar surface area (TPSA) is 56.0 Å². The molecule has 2 aromatic carbocycles. The molecule has 1 N–H and O–H groups in total. The smallest absolute Gasteiger partial charge is 0.326 e. The number of aryl methyl sites for hydroxylation is 3. The predicted octanol–water partition coefficient (Wildman–Crippen LogP) is 3.69. The zero-order chi connectivity index (χ0) is 18.7. The standard InChI is InChI=1S/C20H22FN3O2/c1-3-11-23-17-6-4-5-7-18(17)24(20(23)26)12-10-19(25)22-16-13-15(21)9-8-14(16)2/h4-9,13H,3,10-12H2,1-2H3,(H,22,25). The molecular weight excluding hydrogens is 333 g/mol. The third kappa shape index (κ3) is 3.54. The van der Waals surface area contributed by atoms with E-state index in [0.717, 1.165) is 23.0 Å². The summed E-state index contributed by atoms with van der Waals surface area (Å²) >= 11 is 0. The number of amides is 1. The summed E-state index contributed by atoms with van der Waals surface area (Å²) in [6, 6.07) is 11.9. The van der Waals surface area contributed by atoms with Gasteiger partial charge in [-0.15, -0.1) is 0 Å². The van der Waals surface area contributed by atoms with Crippen LogP contribution in [0.2, 0.25) is 0 Å². The van der Waals surface area contributed by atoms with Crippen molar-refractivity contribution in [1.82, 2.24) is 9.13 Å². The lowest BCUT2D eigenvalue weighted by Crippen LogP contribution is -2.26. The summed E-state index contributed by atoms with van der Waals surface area (Å²) in [6.07, 6.45) is 0.989. The second-order valence-electron chi connectivity index (χ2n) is 6.33. The van der Waals surface area contributed by atoms with Crippen LogP contribution >= 0.6 is 0 Å². The Morgan fingerprint density at radius 3 is 2.38 bits per heavy atom. The van der Waals surface area contributed by atoms with Crippen molar-refractivity contribution in [2.75, 3.05) is 5.32 Å². The Kier molecular flexibility index (Phi) is 5.21. The summed E-state index contributed by atoms with van der Waals surface area (Å²) in [4.78, 5) is 25.0. The Morgan fingerprint density at radius 1 is 1.08 bits per heavy atom. The van der Waals surface area contributed by atoms with Crippen LogP contribution in [0.5, 0.6) is 0 Å². The van der Waals surface area contributed by atoms with Crippen LogP contribution in [-0.2, 0) is 17.9 Å². The molecule has 1 aromatic heterocycles. The summed E-state index contributed by atoms with van der Waals surface area (Å²) in [6.45, 7) is 4.74. The van der Waals surface area contributed by atoms with E-state index in [9.17, 15) is 14.0 Å². The predicted molar refractivity (Wildman–Crippen MR) is 101 cm³/mol. The number of para-hydroxylation sites is 2. The van der Waals surface area contributed by atoms with E-state index in [0.29, 0.717) is 12.2 Å². The van der Waals surface area contributed by atoms with Gasteiger partial charge in [0.1, 0.15) is 5.82 Å². The van der Waals surface area contributed by atoms with Crippen molar-refractivity contribution in [3.05, 3.63) is 64.3 Å². The molecule has 0 bridgehead atoms. The molecule has 3 rings (SSSR count). The fourth-order valence-electron chi connectivity index (χ4n) is 3.08. The highest BCUT2D eigenvalue weighted by Crippen LogP contribution is 2.17. The van der Waals surface area contributed by atoms with E-state index in [-0.39, 0.29) is 24.6 Å². The molecule has 0 unspecified atom stereocenters. The summed E-state index contributed by atoms with van der Waals surface area (Å²) in [5.41, 5.74) is 2.83. The first-order valence-corrected chi connectivity index (χ1v) is 8.75. The van der Waals surface area contributed by atoms with Gasteiger partial charge >= 0.3 is 5.69 Å². The molecule has 0 saturated heterocycles. The highest BCUT2D eigenvalue weighted by Gasteiger charge is 2.13. The number of hydrogen-bond acceptors (Lipinski definition) is 2. The third-order valence-electron chi connectivity index (χ3n) is 4.41. The van der Waals surface area contributed by atoms with Crippen molar-refractivity contribution < 1.29 is 9.18 Å². The van der Waals surface area contributed by atoms with Gasteiger partial charge in [0, 0.05) is 25.2 Å². The number of benzene rings is 2. The molecule has 26 heavy (non-hydrogen) atoms. The minimum absolute atomic E-state index is 0.109. The van der Waals surface area contributed by atoms with E-state index in [1.54, 1.807) is 22.1 Å². The van der Waals surface area contributed by atoms with E-state index in [2.05, 4.69) is 5.32 Å². The molecule has 0 fully saturated rings. The first-order chi connectivity index (χ1) is 12.5. The average Bonchev–Trinajstić information content (AvgIpc) is 2.89. The second kappa shape index (κ2) is 7.56. The fourth-order valence-corrected chi connectivity index (χ4v) is 3.08. The molecular formula is C20H22FN3O2. The van der Waals surface area contributed by atoms with E-state index < -0.39 is 5.82 Å². The Morgan fingerprint density at radius 2 is 1.73 bits per heavy atom. The fraction of sp³-hybridized carbons (Fsp3) is 0.300. The number of anilines is 1. The lowest BCUT2D eigenvalue weighted by molar-refractivity contribution is -0.116. The molecule has 0 aliphatic heterocycles. The maximum atomic E-state index is 13.4. The first-order valence-electron chi connectivity index (χ1n) is 8.75. The van der Waals surface area contributed by atoms with Gasteiger partial charge in [0.05, 0.1) is 11.0 Å². The number of rotatable bonds is 6. The second-order valence-corrected chi connectivity index (χ2v) is 6.33. The van der Waals surface area contributed by atoms with Crippen LogP contribution in [0.4, 0.5) is 10.1 Å². The largest absolute Gasteiger partial charge is 0.329 e. The third-order valence-corrected chi connectivity index (χ3v) is 4.41. The average molecular weight is 355 g/mol. The molecule has 0 saturated carbocycles. The van der Waals surface area contributed by atoms with Gasteiger partial charge in [-0.25, -0.2) is 9.18 Å². The lowest BCUT2D eigenvalue weighted by atomic mass is 10.2. The number of carbonyl (C=O) groups excluding carboxylic acids is 1. The van der Waals surface area contributed by atoms with E-state index >= 15 is 0 Å². The number of carbonyl (C=O) groups is 1. The number of hydrogen-bond donors (Lipinski definition) is 1. The van der Waals surface area contributed by atoms with Gasteiger partial charge in [-0.2, -0.15) is 0 Å². The van der Waals surface area contributed by atoms with Crippen LogP contribution in [0.25, 0.3) is 11.0 Å². The zero-order valence-electron chi connectivity index (χ0n) is 15.0. The molecule has 136 valence electrons. The number of halogens is 1. The molecule has 1 amide bonds. The van der Waals surface area contributed by atoms with Crippen molar-refractivity contribution in [2.24, 2.45) is 0 Å². The molecule has 0 spiro atoms. The summed E-state index contributed by atoms with van der Waals surface area (Å²) in [5.74, 6) is -0.650. The van der Waals surface area contributed by atoms with Gasteiger partial charge in [-0.1, -0.05) is 25.1 Å². The van der Waals surface area contributed by atoms with Gasteiger partial charge in [0.2, 0.25) is 5.91 Å². The van der Waals surface area contributed by atoms with Crippen molar-refractivity contribution in [3.63, 3.8) is 0 Å². The molecule has 0 radical (unpaired) electrons. The molecule has 5 nitrogen and oxygen atoms in total. The van der Waals surface area contributed by atoms with Crippen LogP contribution in [0.3, 0.4) is 0 Å². The maximum Gasteiger partial charge on any atom is 0.329 e. The normalized spacial score (nSPS) is 11.0. The van der Waals surface area contributed by atoms with Gasteiger partial charge < -0.3 is 5.32 Å². The molecule has 0 aliphatic carbocycles. The first kappa shape index (κ1) is 17.9. The Hall–Kier alpha value is -2.89. The molecule has 0 atom stereocenters. The Balaban J connectivity index is 1.79. The summed E-state index contributed by atoms with van der Waals surface area (Å²) in [7, 11) is 0. The van der Waals surface area contributed by atoms with Crippen LogP contribution in [0, 0.1) is 12.7 Å². The minimum Gasteiger partial charge on any atom is -0.326 e. The number of nitrogens with one attached hydrogen (secondary N) is 1. The maximum absolute atomic E-state index is 13.4. The van der Waals surface area contributed by atoms with E-state index in [4.69, 9.17) is 0 Å². The van der Waals surface area contributed by atoms with Crippen LogP contribution in [0.1, 0.15) is 25.3 Å². The molecule has 6 heteroatoms. The van der Waals surface area contributed by atoms with Crippen LogP contribution in [-0.4, -0.2) is 15.0 Å². The summed E-state index contributed by atoms with van der Waals surface area (Å²) in [5, 5.41) is 2.72. The van der Waals surface area contributed by atoms with E-state index in [1.807, 2.05) is 31.2 Å². The summed E-state index contributed by atoms with van der Waals surface area (Å²) < 4.78 is 16.7. The lowest BCUT2D eigenvalue weighted by Gasteiger charge is -2.09. The van der Waals surface area contributed by atoms with Gasteiger partial charge in [-0.05, 0) is 43.2 Å². The Labute approximate surface area is 151 Å². The minimum atomic E-state index is -0.398. The van der Waals surface area contributed by atoms with Crippen LogP contribution < -0.4 is 11.0 Å². The monoisotopic (exact) mass is 355 g/mol. The number of aromatic nitrogens is 2. The van der Waals surface area contributed by atoms with E-state index in [1.165, 1.54) is 12.1 Å². The molecule has 0 aliphatic rings. The quantitative estimate of drug-likeness (QED) is 0.733. The molecule has 1 heterocycles. The highest BCUT2D eigenvalue weighted by molar-refractivity contribution is 5.91. The Bertz CT molecular complexity index is 1000. The highest BCUT2D eigenvalue weighted by atomic mass is 19.1. The number of imidazole rings is 1. The van der Waals surface area contributed by atoms with Crippen molar-refractivity contribution in [1.29, 1.82) is 0 Å². The number of fused-ring (bicyclic) bond motifs is 1. The van der Waals surface area contributed by atoms with Crippen molar-refractivity contribution >= 4 is 22.6 Å². The zero-order valence-corrected chi connectivity index (χ0v) is 15.0. The SMILES string of the molecule is CCCn1c(=O)n(CCC(=O)Nc2cc(F)ccc2C)c2ccccc21. The van der Waals surface area contributed by atoms with Gasteiger partial charge in [-0.3, -0.25) is 13.9 Å². The van der Waals surface area contributed by atoms with Gasteiger partial charge in [0.25, 0.3) is 0 Å². The van der Waals surface area contributed by atoms with Crippen LogP contribution in [0.15, 0.2) is 47.3 Å². The number of nitrogens with zero attached hydrogens (tertiary/aromatic N) is 2. The van der Waals surface area contributed by atoms with Crippen molar-refractivity contribution in [2.45, 2.75) is 39.8 Å². The van der Waals surface area contributed by atoms with Gasteiger partial charge in [0.15, 0.2) is 0 Å². The molecule has 3 aromatic rings.